The smallest absolute Gasteiger partial charge is 0.251 e. The van der Waals surface area contributed by atoms with Crippen molar-refractivity contribution in [1.29, 1.82) is 0 Å². The van der Waals surface area contributed by atoms with Crippen LogP contribution in [0.2, 0.25) is 0 Å². The normalized spacial score (nSPS) is 16.0. The van der Waals surface area contributed by atoms with E-state index in [9.17, 15) is 4.79 Å². The second kappa shape index (κ2) is 9.19. The molecule has 0 spiro atoms. The van der Waals surface area contributed by atoms with E-state index in [1.807, 2.05) is 49.4 Å². The first kappa shape index (κ1) is 18.9. The van der Waals surface area contributed by atoms with Gasteiger partial charge in [0.2, 0.25) is 0 Å². The van der Waals surface area contributed by atoms with Crippen molar-refractivity contribution in [2.75, 3.05) is 19.6 Å². The molecular formula is C21H28N2O2S. The van der Waals surface area contributed by atoms with E-state index in [0.717, 1.165) is 44.8 Å². The van der Waals surface area contributed by atoms with Gasteiger partial charge in [-0.25, -0.2) is 0 Å². The predicted molar refractivity (Wildman–Crippen MR) is 107 cm³/mol. The zero-order chi connectivity index (χ0) is 18.4. The summed E-state index contributed by atoms with van der Waals surface area (Å²) in [7, 11) is 0. The molecule has 1 aromatic heterocycles. The van der Waals surface area contributed by atoms with E-state index in [1.165, 1.54) is 4.88 Å². The van der Waals surface area contributed by atoms with Crippen LogP contribution in [-0.2, 0) is 6.54 Å². The fraction of sp³-hybridized carbons (Fsp3) is 0.476. The first-order valence-corrected chi connectivity index (χ1v) is 10.3. The van der Waals surface area contributed by atoms with Crippen LogP contribution >= 0.6 is 11.3 Å². The van der Waals surface area contributed by atoms with E-state index in [1.54, 1.807) is 0 Å². The molecule has 0 unspecified atom stereocenters. The summed E-state index contributed by atoms with van der Waals surface area (Å²) < 4.78 is 5.62. The van der Waals surface area contributed by atoms with E-state index in [0.29, 0.717) is 11.5 Å². The molecule has 0 radical (unpaired) electrons. The van der Waals surface area contributed by atoms with Gasteiger partial charge in [0.05, 0.1) is 6.10 Å². The number of piperidine rings is 1. The highest BCUT2D eigenvalue weighted by atomic mass is 32.1. The maximum atomic E-state index is 12.3. The van der Waals surface area contributed by atoms with Crippen molar-refractivity contribution >= 4 is 17.2 Å². The van der Waals surface area contributed by atoms with Crippen LogP contribution in [0.3, 0.4) is 0 Å². The first-order valence-electron chi connectivity index (χ1n) is 9.40. The zero-order valence-corrected chi connectivity index (χ0v) is 16.4. The Labute approximate surface area is 160 Å². The molecule has 0 saturated carbocycles. The Hall–Kier alpha value is -1.85. The van der Waals surface area contributed by atoms with Crippen molar-refractivity contribution in [1.82, 2.24) is 10.2 Å². The highest BCUT2D eigenvalue weighted by Gasteiger charge is 2.20. The summed E-state index contributed by atoms with van der Waals surface area (Å²) in [6, 6.07) is 11.7. The fourth-order valence-corrected chi connectivity index (χ4v) is 4.01. The second-order valence-electron chi connectivity index (χ2n) is 7.20. The Kier molecular flexibility index (Phi) is 6.69. The summed E-state index contributed by atoms with van der Waals surface area (Å²) in [5.41, 5.74) is 0.691. The molecule has 1 N–H and O–H groups in total. The molecule has 1 amide bonds. The standard InChI is InChI=1S/C21H28N2O2S/c1-16(2)25-19-7-5-18(6-8-19)21(24)22-14-17-9-11-23(12-10-17)15-20-4-3-13-26-20/h3-8,13,16-17H,9-12,14-15H2,1-2H3,(H,22,24). The van der Waals surface area contributed by atoms with Crippen LogP contribution in [0.25, 0.3) is 0 Å². The number of likely N-dealkylation sites (tertiary alicyclic amines) is 1. The topological polar surface area (TPSA) is 41.6 Å². The summed E-state index contributed by atoms with van der Waals surface area (Å²) in [6.07, 6.45) is 2.43. The number of nitrogens with zero attached hydrogens (tertiary/aromatic N) is 1. The first-order chi connectivity index (χ1) is 12.6. The lowest BCUT2D eigenvalue weighted by Crippen LogP contribution is -2.38. The van der Waals surface area contributed by atoms with Crippen molar-refractivity contribution in [2.24, 2.45) is 5.92 Å². The lowest BCUT2D eigenvalue weighted by Gasteiger charge is -2.31. The van der Waals surface area contributed by atoms with Crippen molar-refractivity contribution in [2.45, 2.75) is 39.3 Å². The van der Waals surface area contributed by atoms with E-state index in [-0.39, 0.29) is 12.0 Å². The number of benzene rings is 1. The minimum atomic E-state index is 0.00196. The monoisotopic (exact) mass is 372 g/mol. The summed E-state index contributed by atoms with van der Waals surface area (Å²) in [5.74, 6) is 1.37. The molecule has 1 fully saturated rings. The number of hydrogen-bond acceptors (Lipinski definition) is 4. The van der Waals surface area contributed by atoms with Crippen LogP contribution in [0, 0.1) is 5.92 Å². The number of nitrogens with one attached hydrogen (secondary N) is 1. The molecule has 5 heteroatoms. The molecule has 4 nitrogen and oxygen atoms in total. The van der Waals surface area contributed by atoms with Crippen LogP contribution in [-0.4, -0.2) is 36.5 Å². The van der Waals surface area contributed by atoms with Gasteiger partial charge >= 0.3 is 0 Å². The summed E-state index contributed by atoms with van der Waals surface area (Å²) in [5, 5.41) is 5.23. The molecular weight excluding hydrogens is 344 g/mol. The van der Waals surface area contributed by atoms with Crippen molar-refractivity contribution in [3.8, 4) is 5.75 Å². The fourth-order valence-electron chi connectivity index (χ4n) is 3.27. The van der Waals surface area contributed by atoms with E-state index in [4.69, 9.17) is 4.74 Å². The average molecular weight is 373 g/mol. The highest BCUT2D eigenvalue weighted by Crippen LogP contribution is 2.20. The van der Waals surface area contributed by atoms with Crippen LogP contribution < -0.4 is 10.1 Å². The minimum Gasteiger partial charge on any atom is -0.491 e. The van der Waals surface area contributed by atoms with Gasteiger partial charge in [-0.2, -0.15) is 0 Å². The number of amides is 1. The van der Waals surface area contributed by atoms with Gasteiger partial charge in [-0.05, 0) is 81.4 Å². The average Bonchev–Trinajstić information content (AvgIpc) is 3.14. The Morgan fingerprint density at radius 1 is 1.23 bits per heavy atom. The Balaban J connectivity index is 1.39. The van der Waals surface area contributed by atoms with Gasteiger partial charge in [-0.15, -0.1) is 11.3 Å². The number of ether oxygens (including phenoxy) is 1. The predicted octanol–water partition coefficient (Wildman–Crippen LogP) is 4.18. The number of carbonyl (C=O) groups is 1. The molecule has 0 bridgehead atoms. The summed E-state index contributed by atoms with van der Waals surface area (Å²) >= 11 is 1.83. The number of carbonyl (C=O) groups excluding carboxylic acids is 1. The molecule has 1 aliphatic rings. The third-order valence-corrected chi connectivity index (χ3v) is 5.57. The van der Waals surface area contributed by atoms with Gasteiger partial charge < -0.3 is 10.1 Å². The highest BCUT2D eigenvalue weighted by molar-refractivity contribution is 7.09. The van der Waals surface area contributed by atoms with E-state index < -0.39 is 0 Å². The third-order valence-electron chi connectivity index (χ3n) is 4.71. The molecule has 1 aliphatic heterocycles. The van der Waals surface area contributed by atoms with Crippen molar-refractivity contribution in [3.63, 3.8) is 0 Å². The van der Waals surface area contributed by atoms with Gasteiger partial charge in [0.15, 0.2) is 0 Å². The van der Waals surface area contributed by atoms with Crippen molar-refractivity contribution < 1.29 is 9.53 Å². The molecule has 3 rings (SSSR count). The lowest BCUT2D eigenvalue weighted by molar-refractivity contribution is 0.0935. The van der Waals surface area contributed by atoms with Gasteiger partial charge in [0.25, 0.3) is 5.91 Å². The van der Waals surface area contributed by atoms with Crippen LogP contribution in [0.4, 0.5) is 0 Å². The Morgan fingerprint density at radius 2 is 1.96 bits per heavy atom. The summed E-state index contributed by atoms with van der Waals surface area (Å²) in [4.78, 5) is 16.3. The molecule has 2 heterocycles. The van der Waals surface area contributed by atoms with E-state index in [2.05, 4.69) is 27.7 Å². The Bertz CT molecular complexity index is 675. The molecule has 140 valence electrons. The SMILES string of the molecule is CC(C)Oc1ccc(C(=O)NCC2CCN(Cc3cccs3)CC2)cc1. The molecule has 1 saturated heterocycles. The van der Waals surface area contributed by atoms with Gasteiger partial charge in [0, 0.05) is 23.5 Å². The van der Waals surface area contributed by atoms with Crippen LogP contribution in [0.15, 0.2) is 41.8 Å². The molecule has 2 aromatic rings. The number of hydrogen-bond donors (Lipinski definition) is 1. The largest absolute Gasteiger partial charge is 0.491 e. The van der Waals surface area contributed by atoms with Crippen LogP contribution in [0.5, 0.6) is 5.75 Å². The maximum Gasteiger partial charge on any atom is 0.251 e. The maximum absolute atomic E-state index is 12.3. The molecule has 0 atom stereocenters. The molecule has 26 heavy (non-hydrogen) atoms. The second-order valence-corrected chi connectivity index (χ2v) is 8.23. The molecule has 1 aromatic carbocycles. The Morgan fingerprint density at radius 3 is 2.58 bits per heavy atom. The van der Waals surface area contributed by atoms with Crippen molar-refractivity contribution in [3.05, 3.63) is 52.2 Å². The molecule has 0 aliphatic carbocycles. The number of thiophene rings is 1. The third kappa shape index (κ3) is 5.58. The quantitative estimate of drug-likeness (QED) is 0.793. The lowest BCUT2D eigenvalue weighted by atomic mass is 9.96. The zero-order valence-electron chi connectivity index (χ0n) is 15.6. The van der Waals surface area contributed by atoms with E-state index >= 15 is 0 Å². The van der Waals surface area contributed by atoms with Gasteiger partial charge in [-0.3, -0.25) is 9.69 Å². The van der Waals surface area contributed by atoms with Gasteiger partial charge in [-0.1, -0.05) is 6.07 Å². The van der Waals surface area contributed by atoms with Crippen LogP contribution in [0.1, 0.15) is 41.9 Å². The van der Waals surface area contributed by atoms with Gasteiger partial charge in [0.1, 0.15) is 5.75 Å². The minimum absolute atomic E-state index is 0.00196. The summed E-state index contributed by atoms with van der Waals surface area (Å²) in [6.45, 7) is 8.02. The number of rotatable bonds is 7.